The van der Waals surface area contributed by atoms with Gasteiger partial charge < -0.3 is 0 Å². The lowest BCUT2D eigenvalue weighted by atomic mass is 10.6. The van der Waals surface area contributed by atoms with Gasteiger partial charge in [-0.05, 0) is 6.42 Å². The molecule has 86 valence electrons. The van der Waals surface area contributed by atoms with Crippen LogP contribution in [0.15, 0.2) is 0 Å². The monoisotopic (exact) mass is 249 g/mol. The molecule has 0 spiro atoms. The zero-order valence-electron chi connectivity index (χ0n) is 7.92. The average molecular weight is 250 g/mol. The maximum absolute atomic E-state index is 12.0. The minimum Gasteiger partial charge on any atom is -0.212 e. The van der Waals surface area contributed by atoms with Crippen molar-refractivity contribution in [3.05, 3.63) is 0 Å². The molecule has 0 rings (SSSR count). The quantitative estimate of drug-likeness (QED) is 0.642. The fourth-order valence-electron chi connectivity index (χ4n) is 0.979. The number of sulfonamides is 1. The molecule has 0 aliphatic carbocycles. The molecule has 0 aliphatic heterocycles. The molecule has 0 N–H and O–H groups in total. The molecule has 0 fully saturated rings. The van der Waals surface area contributed by atoms with Crippen molar-refractivity contribution in [2.45, 2.75) is 19.8 Å². The van der Waals surface area contributed by atoms with Gasteiger partial charge in [0.25, 0.3) is 6.43 Å². The number of hydrogen-bond acceptors (Lipinski definition) is 2. The van der Waals surface area contributed by atoms with Crippen LogP contribution in [0.5, 0.6) is 0 Å². The first kappa shape index (κ1) is 14.1. The summed E-state index contributed by atoms with van der Waals surface area (Å²) >= 11 is 5.33. The van der Waals surface area contributed by atoms with Crippen LogP contribution >= 0.6 is 11.6 Å². The van der Waals surface area contributed by atoms with Gasteiger partial charge in [-0.15, -0.1) is 11.6 Å². The molecule has 0 aromatic heterocycles. The van der Waals surface area contributed by atoms with Crippen LogP contribution in [0.25, 0.3) is 0 Å². The van der Waals surface area contributed by atoms with E-state index in [0.29, 0.717) is 6.42 Å². The molecule has 0 bridgehead atoms. The third kappa shape index (κ3) is 5.07. The number of alkyl halides is 3. The standard InChI is InChI=1S/C7H14ClF2NO2S/c1-2-5-14(12,13)11(4-3-8)6-7(9)10/h7H,2-6H2,1H3. The summed E-state index contributed by atoms with van der Waals surface area (Å²) in [6, 6.07) is 0. The second-order valence-corrected chi connectivity index (χ2v) is 5.22. The zero-order valence-corrected chi connectivity index (χ0v) is 9.49. The smallest absolute Gasteiger partial charge is 0.212 e. The van der Waals surface area contributed by atoms with Crippen molar-refractivity contribution in [3.8, 4) is 0 Å². The van der Waals surface area contributed by atoms with E-state index in [1.807, 2.05) is 0 Å². The number of halogens is 3. The summed E-state index contributed by atoms with van der Waals surface area (Å²) in [5.74, 6) is -0.0910. The van der Waals surface area contributed by atoms with E-state index in [4.69, 9.17) is 11.6 Å². The minimum absolute atomic E-state index is 0.0235. The van der Waals surface area contributed by atoms with Gasteiger partial charge in [0.15, 0.2) is 0 Å². The third-order valence-corrected chi connectivity index (χ3v) is 3.74. The minimum atomic E-state index is -3.56. The van der Waals surface area contributed by atoms with E-state index in [9.17, 15) is 17.2 Å². The van der Waals surface area contributed by atoms with Gasteiger partial charge in [-0.2, -0.15) is 4.31 Å². The zero-order chi connectivity index (χ0) is 11.2. The molecule has 0 unspecified atom stereocenters. The Balaban J connectivity index is 4.46. The number of nitrogens with zero attached hydrogens (tertiary/aromatic N) is 1. The van der Waals surface area contributed by atoms with Crippen molar-refractivity contribution in [1.29, 1.82) is 0 Å². The highest BCUT2D eigenvalue weighted by molar-refractivity contribution is 7.89. The highest BCUT2D eigenvalue weighted by Crippen LogP contribution is 2.07. The summed E-state index contributed by atoms with van der Waals surface area (Å²) in [6.45, 7) is 0.849. The Kier molecular flexibility index (Phi) is 6.55. The first-order valence-electron chi connectivity index (χ1n) is 4.26. The van der Waals surface area contributed by atoms with Crippen molar-refractivity contribution in [2.75, 3.05) is 24.7 Å². The molecular formula is C7H14ClF2NO2S. The summed E-state index contributed by atoms with van der Waals surface area (Å²) in [5.41, 5.74) is 0. The Morgan fingerprint density at radius 1 is 1.43 bits per heavy atom. The average Bonchev–Trinajstić information content (AvgIpc) is 2.02. The van der Waals surface area contributed by atoms with Crippen molar-refractivity contribution in [1.82, 2.24) is 4.31 Å². The fraction of sp³-hybridized carbons (Fsp3) is 1.00. The second kappa shape index (κ2) is 6.53. The maximum Gasteiger partial charge on any atom is 0.252 e. The van der Waals surface area contributed by atoms with Gasteiger partial charge >= 0.3 is 0 Å². The molecule has 0 aromatic carbocycles. The van der Waals surface area contributed by atoms with Crippen molar-refractivity contribution >= 4 is 21.6 Å². The number of rotatable bonds is 7. The summed E-state index contributed by atoms with van der Waals surface area (Å²) < 4.78 is 47.6. The van der Waals surface area contributed by atoms with Crippen LogP contribution in [-0.4, -0.2) is 43.9 Å². The van der Waals surface area contributed by atoms with E-state index < -0.39 is 23.0 Å². The predicted molar refractivity (Wildman–Crippen MR) is 52.4 cm³/mol. The lowest BCUT2D eigenvalue weighted by Gasteiger charge is -2.20. The van der Waals surface area contributed by atoms with E-state index >= 15 is 0 Å². The Labute approximate surface area is 88.1 Å². The van der Waals surface area contributed by atoms with E-state index in [1.54, 1.807) is 6.92 Å². The van der Waals surface area contributed by atoms with Crippen molar-refractivity contribution < 1.29 is 17.2 Å². The lowest BCUT2D eigenvalue weighted by Crippen LogP contribution is -2.37. The van der Waals surface area contributed by atoms with Crippen LogP contribution in [0.4, 0.5) is 8.78 Å². The summed E-state index contributed by atoms with van der Waals surface area (Å²) in [6.07, 6.45) is -2.26. The molecule has 0 saturated carbocycles. The molecular weight excluding hydrogens is 236 g/mol. The Morgan fingerprint density at radius 3 is 2.36 bits per heavy atom. The molecule has 3 nitrogen and oxygen atoms in total. The molecule has 7 heteroatoms. The van der Waals surface area contributed by atoms with Gasteiger partial charge in [0.1, 0.15) is 0 Å². The molecule has 0 heterocycles. The summed E-state index contributed by atoms with van der Waals surface area (Å²) in [4.78, 5) is 0. The molecule has 14 heavy (non-hydrogen) atoms. The SMILES string of the molecule is CCCS(=O)(=O)N(CCCl)CC(F)F. The molecule has 0 aliphatic rings. The van der Waals surface area contributed by atoms with Gasteiger partial charge in [-0.25, -0.2) is 17.2 Å². The highest BCUT2D eigenvalue weighted by Gasteiger charge is 2.23. The molecule has 0 radical (unpaired) electrons. The maximum atomic E-state index is 12.0. The van der Waals surface area contributed by atoms with E-state index in [1.165, 1.54) is 0 Å². The van der Waals surface area contributed by atoms with Crippen LogP contribution in [-0.2, 0) is 10.0 Å². The van der Waals surface area contributed by atoms with Gasteiger partial charge in [0.05, 0.1) is 12.3 Å². The molecule has 0 amide bonds. The Hall–Kier alpha value is 0.0600. The van der Waals surface area contributed by atoms with Crippen LogP contribution in [0.2, 0.25) is 0 Å². The number of hydrogen-bond donors (Lipinski definition) is 0. The predicted octanol–water partition coefficient (Wildman–Crippen LogP) is 1.53. The topological polar surface area (TPSA) is 37.4 Å². The van der Waals surface area contributed by atoms with E-state index in [2.05, 4.69) is 0 Å². The van der Waals surface area contributed by atoms with Gasteiger partial charge in [0, 0.05) is 12.4 Å². The van der Waals surface area contributed by atoms with Gasteiger partial charge in [-0.1, -0.05) is 6.92 Å². The second-order valence-electron chi connectivity index (χ2n) is 2.75. The Bertz CT molecular complexity index is 246. The van der Waals surface area contributed by atoms with Crippen molar-refractivity contribution in [3.63, 3.8) is 0 Å². The van der Waals surface area contributed by atoms with E-state index in [0.717, 1.165) is 4.31 Å². The largest absolute Gasteiger partial charge is 0.252 e. The first-order valence-corrected chi connectivity index (χ1v) is 6.40. The first-order chi connectivity index (χ1) is 6.44. The lowest BCUT2D eigenvalue weighted by molar-refractivity contribution is 0.121. The molecule has 0 saturated heterocycles. The van der Waals surface area contributed by atoms with Gasteiger partial charge in [0.2, 0.25) is 10.0 Å². The van der Waals surface area contributed by atoms with Crippen molar-refractivity contribution in [2.24, 2.45) is 0 Å². The van der Waals surface area contributed by atoms with E-state index in [-0.39, 0.29) is 18.2 Å². The third-order valence-electron chi connectivity index (χ3n) is 1.53. The van der Waals surface area contributed by atoms with Crippen LogP contribution in [0, 0.1) is 0 Å². The van der Waals surface area contributed by atoms with Gasteiger partial charge in [-0.3, -0.25) is 0 Å². The molecule has 0 atom stereocenters. The summed E-state index contributed by atoms with van der Waals surface area (Å²) in [7, 11) is -3.56. The normalized spacial score (nSPS) is 12.7. The van der Waals surface area contributed by atoms with Crippen LogP contribution < -0.4 is 0 Å². The van der Waals surface area contributed by atoms with Crippen LogP contribution in [0.1, 0.15) is 13.3 Å². The Morgan fingerprint density at radius 2 is 2.00 bits per heavy atom. The molecule has 0 aromatic rings. The fourth-order valence-corrected chi connectivity index (χ4v) is 2.77. The summed E-state index contributed by atoms with van der Waals surface area (Å²) in [5, 5.41) is 0. The van der Waals surface area contributed by atoms with Crippen LogP contribution in [0.3, 0.4) is 0 Å². The highest BCUT2D eigenvalue weighted by atomic mass is 35.5.